The minimum Gasteiger partial charge on any atom is -0.386 e. The van der Waals surface area contributed by atoms with Crippen molar-refractivity contribution in [2.24, 2.45) is 0 Å². The predicted octanol–water partition coefficient (Wildman–Crippen LogP) is 2.21. The Kier molecular flexibility index (Phi) is 5.51. The standard InChI is InChI=1S/C16H14O6/c1-9(2)13(17)21-15(19)11-6-5-7-12(8-11)16(20)22-14(18)10(3)4/h5-8H,1,3H2,2,4H3. The van der Waals surface area contributed by atoms with Gasteiger partial charge in [-0.3, -0.25) is 0 Å². The van der Waals surface area contributed by atoms with Gasteiger partial charge in [0.25, 0.3) is 0 Å². The molecule has 0 fully saturated rings. The normalized spacial score (nSPS) is 9.55. The average Bonchev–Trinajstić information content (AvgIpc) is 2.46. The van der Waals surface area contributed by atoms with Crippen molar-refractivity contribution < 1.29 is 28.7 Å². The Balaban J connectivity index is 2.90. The summed E-state index contributed by atoms with van der Waals surface area (Å²) in [6.45, 7) is 9.49. The second-order valence-corrected chi connectivity index (χ2v) is 4.50. The molecule has 0 amide bonds. The monoisotopic (exact) mass is 302 g/mol. The molecule has 0 aliphatic carbocycles. The molecule has 1 aromatic rings. The summed E-state index contributed by atoms with van der Waals surface area (Å²) >= 11 is 0. The third-order valence-corrected chi connectivity index (χ3v) is 2.40. The maximum absolute atomic E-state index is 11.7. The first-order valence-corrected chi connectivity index (χ1v) is 6.16. The number of hydrogen-bond donors (Lipinski definition) is 0. The Morgan fingerprint density at radius 1 is 0.818 bits per heavy atom. The summed E-state index contributed by atoms with van der Waals surface area (Å²) in [6.07, 6.45) is 0. The Hall–Kier alpha value is -3.02. The molecule has 0 bridgehead atoms. The Morgan fingerprint density at radius 2 is 1.18 bits per heavy atom. The number of carbonyl (C=O) groups excluding carboxylic acids is 4. The Morgan fingerprint density at radius 3 is 1.50 bits per heavy atom. The molecule has 0 radical (unpaired) electrons. The second kappa shape index (κ2) is 7.12. The fourth-order valence-corrected chi connectivity index (χ4v) is 1.23. The molecule has 0 aromatic heterocycles. The molecule has 6 nitrogen and oxygen atoms in total. The van der Waals surface area contributed by atoms with E-state index < -0.39 is 23.9 Å². The number of esters is 4. The first kappa shape index (κ1) is 17.0. The number of ether oxygens (including phenoxy) is 2. The fraction of sp³-hybridized carbons (Fsp3) is 0.125. The molecule has 0 aliphatic heterocycles. The van der Waals surface area contributed by atoms with Gasteiger partial charge in [-0.2, -0.15) is 0 Å². The zero-order valence-corrected chi connectivity index (χ0v) is 12.2. The molecule has 6 heteroatoms. The van der Waals surface area contributed by atoms with Crippen LogP contribution in [0, 0.1) is 0 Å². The van der Waals surface area contributed by atoms with Gasteiger partial charge in [-0.1, -0.05) is 19.2 Å². The van der Waals surface area contributed by atoms with Crippen molar-refractivity contribution in [3.05, 3.63) is 59.7 Å². The van der Waals surface area contributed by atoms with E-state index >= 15 is 0 Å². The summed E-state index contributed by atoms with van der Waals surface area (Å²) in [7, 11) is 0. The van der Waals surface area contributed by atoms with Crippen molar-refractivity contribution >= 4 is 23.9 Å². The van der Waals surface area contributed by atoms with E-state index in [1.54, 1.807) is 0 Å². The van der Waals surface area contributed by atoms with E-state index in [0.29, 0.717) is 0 Å². The van der Waals surface area contributed by atoms with E-state index in [1.807, 2.05) is 0 Å². The third-order valence-electron chi connectivity index (χ3n) is 2.40. The van der Waals surface area contributed by atoms with Crippen LogP contribution in [0.4, 0.5) is 0 Å². The van der Waals surface area contributed by atoms with Crippen LogP contribution in [0.25, 0.3) is 0 Å². The summed E-state index contributed by atoms with van der Waals surface area (Å²) in [5.41, 5.74) is 0.0607. The highest BCUT2D eigenvalue weighted by molar-refractivity contribution is 6.05. The van der Waals surface area contributed by atoms with Crippen molar-refractivity contribution in [2.75, 3.05) is 0 Å². The maximum atomic E-state index is 11.7. The summed E-state index contributed by atoms with van der Waals surface area (Å²) < 4.78 is 9.08. The molecular weight excluding hydrogens is 288 g/mol. The van der Waals surface area contributed by atoms with Crippen molar-refractivity contribution in [1.29, 1.82) is 0 Å². The lowest BCUT2D eigenvalue weighted by molar-refractivity contribution is -0.134. The van der Waals surface area contributed by atoms with Crippen LogP contribution in [0.15, 0.2) is 48.6 Å². The van der Waals surface area contributed by atoms with Crippen molar-refractivity contribution in [2.45, 2.75) is 13.8 Å². The maximum Gasteiger partial charge on any atom is 0.346 e. The van der Waals surface area contributed by atoms with E-state index in [9.17, 15) is 19.2 Å². The first-order valence-electron chi connectivity index (χ1n) is 6.16. The Bertz CT molecular complexity index is 628. The van der Waals surface area contributed by atoms with Gasteiger partial charge in [-0.05, 0) is 32.0 Å². The summed E-state index contributed by atoms with van der Waals surface area (Å²) in [6, 6.07) is 5.25. The topological polar surface area (TPSA) is 86.7 Å². The van der Waals surface area contributed by atoms with Gasteiger partial charge in [0.05, 0.1) is 11.1 Å². The number of benzene rings is 1. The summed E-state index contributed by atoms with van der Waals surface area (Å²) in [5.74, 6) is -3.60. The minimum atomic E-state index is -0.936. The van der Waals surface area contributed by atoms with Crippen LogP contribution in [0.5, 0.6) is 0 Å². The lowest BCUT2D eigenvalue weighted by atomic mass is 10.1. The molecule has 0 spiro atoms. The molecule has 22 heavy (non-hydrogen) atoms. The SMILES string of the molecule is C=C(C)C(=O)OC(=O)c1cccc(C(=O)OC(=O)C(=C)C)c1. The molecular formula is C16H14O6. The van der Waals surface area contributed by atoms with Gasteiger partial charge in [0.15, 0.2) is 0 Å². The minimum absolute atomic E-state index is 0.0353. The van der Waals surface area contributed by atoms with Crippen LogP contribution in [0.2, 0.25) is 0 Å². The van der Waals surface area contributed by atoms with Crippen LogP contribution in [0.3, 0.4) is 0 Å². The van der Waals surface area contributed by atoms with Crippen LogP contribution < -0.4 is 0 Å². The van der Waals surface area contributed by atoms with Crippen molar-refractivity contribution in [3.63, 3.8) is 0 Å². The van der Waals surface area contributed by atoms with E-state index in [4.69, 9.17) is 0 Å². The first-order chi connectivity index (χ1) is 10.2. The lowest BCUT2D eigenvalue weighted by Crippen LogP contribution is -2.15. The van der Waals surface area contributed by atoms with Crippen LogP contribution >= 0.6 is 0 Å². The zero-order valence-electron chi connectivity index (χ0n) is 12.2. The quantitative estimate of drug-likeness (QED) is 0.481. The van der Waals surface area contributed by atoms with Gasteiger partial charge in [-0.15, -0.1) is 0 Å². The summed E-state index contributed by atoms with van der Waals surface area (Å²) in [5, 5.41) is 0. The van der Waals surface area contributed by atoms with Gasteiger partial charge < -0.3 is 9.47 Å². The third kappa shape index (κ3) is 4.52. The lowest BCUT2D eigenvalue weighted by Gasteiger charge is -2.05. The van der Waals surface area contributed by atoms with Gasteiger partial charge in [0.2, 0.25) is 0 Å². The van der Waals surface area contributed by atoms with Gasteiger partial charge in [0, 0.05) is 11.1 Å². The molecule has 0 saturated heterocycles. The smallest absolute Gasteiger partial charge is 0.346 e. The Labute approximate surface area is 127 Å². The molecule has 1 rings (SSSR count). The summed E-state index contributed by atoms with van der Waals surface area (Å²) in [4.78, 5) is 46.0. The van der Waals surface area contributed by atoms with Gasteiger partial charge in [-0.25, -0.2) is 19.2 Å². The van der Waals surface area contributed by atoms with E-state index in [0.717, 1.165) is 6.07 Å². The largest absolute Gasteiger partial charge is 0.386 e. The highest BCUT2D eigenvalue weighted by Gasteiger charge is 2.18. The van der Waals surface area contributed by atoms with E-state index in [-0.39, 0.29) is 22.3 Å². The molecule has 0 saturated carbocycles. The number of rotatable bonds is 4. The van der Waals surface area contributed by atoms with Crippen LogP contribution in [-0.2, 0) is 19.1 Å². The molecule has 0 unspecified atom stereocenters. The van der Waals surface area contributed by atoms with Crippen LogP contribution in [0.1, 0.15) is 34.6 Å². The van der Waals surface area contributed by atoms with E-state index in [2.05, 4.69) is 22.6 Å². The molecule has 1 aromatic carbocycles. The molecule has 114 valence electrons. The molecule has 0 aliphatic rings. The van der Waals surface area contributed by atoms with Crippen molar-refractivity contribution in [3.8, 4) is 0 Å². The molecule has 0 heterocycles. The average molecular weight is 302 g/mol. The molecule has 0 atom stereocenters. The van der Waals surface area contributed by atoms with Crippen molar-refractivity contribution in [1.82, 2.24) is 0 Å². The highest BCUT2D eigenvalue weighted by Crippen LogP contribution is 2.10. The zero-order chi connectivity index (χ0) is 16.9. The number of hydrogen-bond acceptors (Lipinski definition) is 6. The van der Waals surface area contributed by atoms with Gasteiger partial charge >= 0.3 is 23.9 Å². The number of carbonyl (C=O) groups is 4. The fourth-order valence-electron chi connectivity index (χ4n) is 1.23. The van der Waals surface area contributed by atoms with E-state index in [1.165, 1.54) is 32.0 Å². The highest BCUT2D eigenvalue weighted by atomic mass is 16.6. The predicted molar refractivity (Wildman–Crippen MR) is 76.9 cm³/mol. The van der Waals surface area contributed by atoms with Crippen LogP contribution in [-0.4, -0.2) is 23.9 Å². The second-order valence-electron chi connectivity index (χ2n) is 4.50. The van der Waals surface area contributed by atoms with Gasteiger partial charge in [0.1, 0.15) is 0 Å². The molecule has 0 N–H and O–H groups in total.